The number of carbonyl (C=O) groups is 2. The number of nitrogens with zero attached hydrogens (tertiary/aromatic N) is 5. The lowest BCUT2D eigenvalue weighted by atomic mass is 10.1. The van der Waals surface area contributed by atoms with Gasteiger partial charge in [0.05, 0.1) is 24.0 Å². The van der Waals surface area contributed by atoms with Crippen molar-refractivity contribution in [3.63, 3.8) is 0 Å². The van der Waals surface area contributed by atoms with Crippen molar-refractivity contribution >= 4 is 29.2 Å². The molecule has 2 fully saturated rings. The number of aromatic nitrogens is 2. The number of carbonyl (C=O) groups excluding carboxylic acids is 2. The summed E-state index contributed by atoms with van der Waals surface area (Å²) in [4.78, 5) is 38.6. The van der Waals surface area contributed by atoms with Gasteiger partial charge in [-0.2, -0.15) is 0 Å². The van der Waals surface area contributed by atoms with Gasteiger partial charge in [-0.05, 0) is 25.0 Å². The molecule has 0 saturated carbocycles. The number of hydrogen-bond acceptors (Lipinski definition) is 5. The van der Waals surface area contributed by atoms with Gasteiger partial charge < -0.3 is 14.5 Å². The van der Waals surface area contributed by atoms with Crippen molar-refractivity contribution in [3.8, 4) is 6.01 Å². The van der Waals surface area contributed by atoms with Gasteiger partial charge in [-0.15, -0.1) is 0 Å². The summed E-state index contributed by atoms with van der Waals surface area (Å²) in [6.45, 7) is 2.30. The lowest BCUT2D eigenvalue weighted by molar-refractivity contribution is -0.134. The standard InChI is InChI=1S/C20H22ClN5O3/c21-15-11-22-19(23-12-15)29-17-7-4-8-24(13-17)18(27)14-25-9-10-26(20(25)28)16-5-2-1-3-6-16/h1-3,5-6,11-12,17H,4,7-10,13-14H2/t17-/m0/s1. The SMILES string of the molecule is O=C(CN1CCN(c2ccccc2)C1=O)N1CCC[C@H](Oc2ncc(Cl)cn2)C1. The minimum Gasteiger partial charge on any atom is -0.458 e. The monoisotopic (exact) mass is 415 g/mol. The molecule has 2 saturated heterocycles. The van der Waals surface area contributed by atoms with Gasteiger partial charge in [-0.1, -0.05) is 29.8 Å². The van der Waals surface area contributed by atoms with Crippen molar-refractivity contribution in [2.75, 3.05) is 37.6 Å². The molecule has 8 nitrogen and oxygen atoms in total. The highest BCUT2D eigenvalue weighted by Gasteiger charge is 2.33. The molecule has 2 aliphatic rings. The zero-order valence-electron chi connectivity index (χ0n) is 15.9. The maximum Gasteiger partial charge on any atom is 0.325 e. The molecule has 4 rings (SSSR count). The third kappa shape index (κ3) is 4.59. The molecule has 29 heavy (non-hydrogen) atoms. The molecule has 1 aromatic carbocycles. The summed E-state index contributed by atoms with van der Waals surface area (Å²) in [5, 5.41) is 0.442. The first-order valence-corrected chi connectivity index (χ1v) is 10.0. The van der Waals surface area contributed by atoms with Crippen LogP contribution in [0.1, 0.15) is 12.8 Å². The van der Waals surface area contributed by atoms with Gasteiger partial charge in [0.1, 0.15) is 12.6 Å². The largest absolute Gasteiger partial charge is 0.458 e. The van der Waals surface area contributed by atoms with E-state index in [1.54, 1.807) is 14.7 Å². The number of likely N-dealkylation sites (tertiary alicyclic amines) is 1. The minimum atomic E-state index is -0.177. The number of anilines is 1. The topological polar surface area (TPSA) is 78.9 Å². The molecule has 0 radical (unpaired) electrons. The van der Waals surface area contributed by atoms with Crippen LogP contribution in [0.5, 0.6) is 6.01 Å². The Morgan fingerprint density at radius 3 is 2.66 bits per heavy atom. The van der Waals surface area contributed by atoms with Crippen LogP contribution >= 0.6 is 11.6 Å². The molecule has 0 spiro atoms. The zero-order chi connectivity index (χ0) is 20.2. The highest BCUT2D eigenvalue weighted by atomic mass is 35.5. The maximum absolute atomic E-state index is 12.8. The third-order valence-corrected chi connectivity index (χ3v) is 5.28. The fourth-order valence-electron chi connectivity index (χ4n) is 3.61. The molecule has 3 heterocycles. The molecule has 2 aromatic rings. The van der Waals surface area contributed by atoms with E-state index in [0.29, 0.717) is 31.2 Å². The Bertz CT molecular complexity index is 864. The fourth-order valence-corrected chi connectivity index (χ4v) is 3.71. The van der Waals surface area contributed by atoms with Crippen LogP contribution < -0.4 is 9.64 Å². The molecule has 0 unspecified atom stereocenters. The predicted octanol–water partition coefficient (Wildman–Crippen LogP) is 2.44. The van der Waals surface area contributed by atoms with Gasteiger partial charge in [0.2, 0.25) is 5.91 Å². The summed E-state index contributed by atoms with van der Waals surface area (Å²) in [5.74, 6) is -0.0708. The van der Waals surface area contributed by atoms with Gasteiger partial charge in [0.15, 0.2) is 0 Å². The number of benzene rings is 1. The number of halogens is 1. The Hall–Kier alpha value is -2.87. The van der Waals surface area contributed by atoms with Crippen LogP contribution in [-0.2, 0) is 4.79 Å². The molecular weight excluding hydrogens is 394 g/mol. The third-order valence-electron chi connectivity index (χ3n) is 5.09. The molecule has 3 amide bonds. The Labute approximate surface area is 174 Å². The zero-order valence-corrected chi connectivity index (χ0v) is 16.7. The second-order valence-corrected chi connectivity index (χ2v) is 7.53. The van der Waals surface area contributed by atoms with Crippen molar-refractivity contribution in [2.24, 2.45) is 0 Å². The molecule has 1 aromatic heterocycles. The first-order valence-electron chi connectivity index (χ1n) is 9.63. The van der Waals surface area contributed by atoms with Crippen LogP contribution in [-0.4, -0.2) is 70.5 Å². The van der Waals surface area contributed by atoms with E-state index < -0.39 is 0 Å². The number of para-hydroxylation sites is 1. The second-order valence-electron chi connectivity index (χ2n) is 7.10. The second kappa shape index (κ2) is 8.65. The summed E-state index contributed by atoms with van der Waals surface area (Å²) in [6.07, 6.45) is 4.43. The summed E-state index contributed by atoms with van der Waals surface area (Å²) in [7, 11) is 0. The van der Waals surface area contributed by atoms with E-state index in [0.717, 1.165) is 18.5 Å². The van der Waals surface area contributed by atoms with Crippen molar-refractivity contribution in [1.82, 2.24) is 19.8 Å². The van der Waals surface area contributed by atoms with Crippen LogP contribution in [0.15, 0.2) is 42.7 Å². The van der Waals surface area contributed by atoms with Crippen molar-refractivity contribution in [2.45, 2.75) is 18.9 Å². The van der Waals surface area contributed by atoms with E-state index in [4.69, 9.17) is 16.3 Å². The quantitative estimate of drug-likeness (QED) is 0.749. The maximum atomic E-state index is 12.8. The predicted molar refractivity (Wildman–Crippen MR) is 108 cm³/mol. The van der Waals surface area contributed by atoms with E-state index in [1.165, 1.54) is 12.4 Å². The minimum absolute atomic E-state index is 0.0708. The number of rotatable bonds is 5. The molecule has 9 heteroatoms. The fraction of sp³-hybridized carbons (Fsp3) is 0.400. The molecule has 0 aliphatic carbocycles. The highest BCUT2D eigenvalue weighted by molar-refractivity contribution is 6.30. The summed E-state index contributed by atoms with van der Waals surface area (Å²) < 4.78 is 5.79. The van der Waals surface area contributed by atoms with Gasteiger partial charge in [-0.25, -0.2) is 14.8 Å². The first-order chi connectivity index (χ1) is 14.1. The van der Waals surface area contributed by atoms with E-state index in [-0.39, 0.29) is 30.6 Å². The normalized spacial score (nSPS) is 19.6. The number of amides is 3. The summed E-state index contributed by atoms with van der Waals surface area (Å²) >= 11 is 5.79. The lowest BCUT2D eigenvalue weighted by Crippen LogP contribution is -2.48. The van der Waals surface area contributed by atoms with Crippen LogP contribution in [0.2, 0.25) is 5.02 Å². The Kier molecular flexibility index (Phi) is 5.80. The molecule has 152 valence electrons. The molecular formula is C20H22ClN5O3. The Morgan fingerprint density at radius 2 is 1.90 bits per heavy atom. The van der Waals surface area contributed by atoms with E-state index in [9.17, 15) is 9.59 Å². The number of ether oxygens (including phenoxy) is 1. The number of hydrogen-bond donors (Lipinski definition) is 0. The number of piperidine rings is 1. The lowest BCUT2D eigenvalue weighted by Gasteiger charge is -2.33. The van der Waals surface area contributed by atoms with Crippen LogP contribution in [0.4, 0.5) is 10.5 Å². The van der Waals surface area contributed by atoms with Crippen molar-refractivity contribution < 1.29 is 14.3 Å². The molecule has 2 aliphatic heterocycles. The summed E-state index contributed by atoms with van der Waals surface area (Å²) in [5.41, 5.74) is 0.849. The van der Waals surface area contributed by atoms with Crippen LogP contribution in [0.3, 0.4) is 0 Å². The molecule has 0 N–H and O–H groups in total. The summed E-state index contributed by atoms with van der Waals surface area (Å²) in [6, 6.07) is 9.62. The van der Waals surface area contributed by atoms with E-state index in [1.807, 2.05) is 30.3 Å². The average molecular weight is 416 g/mol. The van der Waals surface area contributed by atoms with E-state index in [2.05, 4.69) is 9.97 Å². The smallest absolute Gasteiger partial charge is 0.325 e. The number of urea groups is 1. The molecule has 1 atom stereocenters. The van der Waals surface area contributed by atoms with Gasteiger partial charge in [-0.3, -0.25) is 9.69 Å². The van der Waals surface area contributed by atoms with Gasteiger partial charge in [0.25, 0.3) is 0 Å². The van der Waals surface area contributed by atoms with Gasteiger partial charge in [0, 0.05) is 25.3 Å². The average Bonchev–Trinajstić information content (AvgIpc) is 3.11. The Morgan fingerprint density at radius 1 is 1.14 bits per heavy atom. The van der Waals surface area contributed by atoms with E-state index >= 15 is 0 Å². The van der Waals surface area contributed by atoms with Crippen molar-refractivity contribution in [3.05, 3.63) is 47.7 Å². The molecule has 0 bridgehead atoms. The first kappa shape index (κ1) is 19.4. The highest BCUT2D eigenvalue weighted by Crippen LogP contribution is 2.21. The van der Waals surface area contributed by atoms with Crippen molar-refractivity contribution in [1.29, 1.82) is 0 Å². The van der Waals surface area contributed by atoms with Crippen LogP contribution in [0.25, 0.3) is 0 Å². The van der Waals surface area contributed by atoms with Crippen LogP contribution in [0, 0.1) is 0 Å². The Balaban J connectivity index is 1.32. The van der Waals surface area contributed by atoms with Gasteiger partial charge >= 0.3 is 12.0 Å².